The maximum absolute atomic E-state index is 12.2. The van der Waals surface area contributed by atoms with Crippen LogP contribution >= 0.6 is 23.1 Å². The first-order valence-corrected chi connectivity index (χ1v) is 10.1. The van der Waals surface area contributed by atoms with Crippen LogP contribution in [0.25, 0.3) is 0 Å². The van der Waals surface area contributed by atoms with Gasteiger partial charge in [-0.25, -0.2) is 0 Å². The second-order valence-corrected chi connectivity index (χ2v) is 7.73. The van der Waals surface area contributed by atoms with Crippen molar-refractivity contribution in [2.45, 2.75) is 18.7 Å². The minimum Gasteiger partial charge on any atom is -0.340 e. The Labute approximate surface area is 145 Å². The molecule has 0 radical (unpaired) electrons. The zero-order valence-corrected chi connectivity index (χ0v) is 15.1. The molecule has 126 valence electrons. The second kappa shape index (κ2) is 7.68. The second-order valence-electron chi connectivity index (χ2n) is 5.88. The number of hydrogen-bond acceptors (Lipinski definition) is 5. The van der Waals surface area contributed by atoms with Gasteiger partial charge < -0.3 is 9.80 Å². The SMILES string of the molecule is CCC(=O)N1CCN(CCN2C(=O)CSC2c2ccsc2)CC1. The van der Waals surface area contributed by atoms with Gasteiger partial charge in [0.05, 0.1) is 5.75 Å². The van der Waals surface area contributed by atoms with E-state index in [9.17, 15) is 9.59 Å². The van der Waals surface area contributed by atoms with Gasteiger partial charge >= 0.3 is 0 Å². The standard InChI is InChI=1S/C16H23N3O2S2/c1-2-14(20)18-7-4-17(5-8-18)6-9-19-15(21)12-23-16(19)13-3-10-22-11-13/h3,10-11,16H,2,4-9,12H2,1H3. The van der Waals surface area contributed by atoms with Crippen molar-refractivity contribution in [3.05, 3.63) is 22.4 Å². The van der Waals surface area contributed by atoms with Gasteiger partial charge in [-0.3, -0.25) is 14.5 Å². The first kappa shape index (κ1) is 16.8. The molecule has 1 aromatic heterocycles. The van der Waals surface area contributed by atoms with E-state index in [1.165, 1.54) is 5.56 Å². The lowest BCUT2D eigenvalue weighted by Gasteiger charge is -2.36. The van der Waals surface area contributed by atoms with Gasteiger partial charge in [0.25, 0.3) is 0 Å². The summed E-state index contributed by atoms with van der Waals surface area (Å²) in [5.74, 6) is 1.07. The van der Waals surface area contributed by atoms with Crippen LogP contribution in [0.15, 0.2) is 16.8 Å². The van der Waals surface area contributed by atoms with Gasteiger partial charge in [-0.2, -0.15) is 11.3 Å². The monoisotopic (exact) mass is 353 g/mol. The zero-order chi connectivity index (χ0) is 16.2. The van der Waals surface area contributed by atoms with E-state index in [0.717, 1.165) is 39.3 Å². The van der Waals surface area contributed by atoms with Crippen LogP contribution in [0, 0.1) is 0 Å². The molecule has 2 aliphatic heterocycles. The molecule has 2 amide bonds. The summed E-state index contributed by atoms with van der Waals surface area (Å²) >= 11 is 3.40. The Balaban J connectivity index is 1.50. The third-order valence-electron chi connectivity index (χ3n) is 4.48. The minimum absolute atomic E-state index is 0.178. The molecule has 3 rings (SSSR count). The first-order valence-electron chi connectivity index (χ1n) is 8.12. The normalized spacial score (nSPS) is 22.8. The molecule has 2 fully saturated rings. The largest absolute Gasteiger partial charge is 0.340 e. The van der Waals surface area contributed by atoms with Gasteiger partial charge in [0, 0.05) is 45.7 Å². The van der Waals surface area contributed by atoms with Crippen molar-refractivity contribution in [3.8, 4) is 0 Å². The van der Waals surface area contributed by atoms with Crippen LogP contribution in [0.5, 0.6) is 0 Å². The van der Waals surface area contributed by atoms with Gasteiger partial charge in [-0.15, -0.1) is 11.8 Å². The van der Waals surface area contributed by atoms with Crippen molar-refractivity contribution in [1.29, 1.82) is 0 Å². The lowest BCUT2D eigenvalue weighted by molar-refractivity contribution is -0.132. The number of amides is 2. The van der Waals surface area contributed by atoms with Crippen molar-refractivity contribution in [1.82, 2.24) is 14.7 Å². The highest BCUT2D eigenvalue weighted by Gasteiger charge is 2.33. The van der Waals surface area contributed by atoms with Crippen LogP contribution in [0.1, 0.15) is 24.3 Å². The van der Waals surface area contributed by atoms with Gasteiger partial charge in [-0.1, -0.05) is 6.92 Å². The molecule has 1 unspecified atom stereocenters. The molecule has 0 N–H and O–H groups in total. The third-order valence-corrected chi connectivity index (χ3v) is 6.44. The average molecular weight is 354 g/mol. The molecule has 0 bridgehead atoms. The summed E-state index contributed by atoms with van der Waals surface area (Å²) in [4.78, 5) is 30.2. The molecular formula is C16H23N3O2S2. The minimum atomic E-state index is 0.178. The van der Waals surface area contributed by atoms with E-state index in [4.69, 9.17) is 0 Å². The van der Waals surface area contributed by atoms with Crippen LogP contribution in [-0.2, 0) is 9.59 Å². The zero-order valence-electron chi connectivity index (χ0n) is 13.4. The molecule has 1 atom stereocenters. The summed E-state index contributed by atoms with van der Waals surface area (Å²) in [7, 11) is 0. The highest BCUT2D eigenvalue weighted by Crippen LogP contribution is 2.39. The molecule has 3 heterocycles. The van der Waals surface area contributed by atoms with Gasteiger partial charge in [0.2, 0.25) is 11.8 Å². The Hall–Kier alpha value is -1.05. The van der Waals surface area contributed by atoms with E-state index in [2.05, 4.69) is 21.7 Å². The predicted octanol–water partition coefficient (Wildman–Crippen LogP) is 1.88. The molecule has 23 heavy (non-hydrogen) atoms. The van der Waals surface area contributed by atoms with E-state index in [-0.39, 0.29) is 17.2 Å². The molecule has 0 saturated carbocycles. The van der Waals surface area contributed by atoms with Crippen LogP contribution in [0.4, 0.5) is 0 Å². The number of hydrogen-bond donors (Lipinski definition) is 0. The van der Waals surface area contributed by atoms with Crippen molar-refractivity contribution in [2.75, 3.05) is 45.0 Å². The predicted molar refractivity (Wildman–Crippen MR) is 94.5 cm³/mol. The smallest absolute Gasteiger partial charge is 0.233 e. The summed E-state index contributed by atoms with van der Waals surface area (Å²) in [5.41, 5.74) is 1.24. The Morgan fingerprint density at radius 1 is 1.26 bits per heavy atom. The summed E-state index contributed by atoms with van der Waals surface area (Å²) in [5, 5.41) is 4.39. The van der Waals surface area contributed by atoms with E-state index in [1.54, 1.807) is 23.1 Å². The number of carbonyl (C=O) groups excluding carboxylic acids is 2. The fraction of sp³-hybridized carbons (Fsp3) is 0.625. The number of nitrogens with zero attached hydrogens (tertiary/aromatic N) is 3. The number of rotatable bonds is 5. The highest BCUT2D eigenvalue weighted by atomic mass is 32.2. The average Bonchev–Trinajstić information content (AvgIpc) is 3.22. The van der Waals surface area contributed by atoms with Crippen LogP contribution < -0.4 is 0 Å². The molecular weight excluding hydrogens is 330 g/mol. The summed E-state index contributed by atoms with van der Waals surface area (Å²) in [6.45, 7) is 7.01. The van der Waals surface area contributed by atoms with E-state index in [1.807, 2.05) is 16.7 Å². The quantitative estimate of drug-likeness (QED) is 0.811. The third kappa shape index (κ3) is 3.89. The molecule has 1 aromatic rings. The van der Waals surface area contributed by atoms with Crippen molar-refractivity contribution in [3.63, 3.8) is 0 Å². The number of piperazine rings is 1. The highest BCUT2D eigenvalue weighted by molar-refractivity contribution is 8.00. The maximum atomic E-state index is 12.2. The number of thiophene rings is 1. The fourth-order valence-electron chi connectivity index (χ4n) is 3.08. The van der Waals surface area contributed by atoms with Gasteiger partial charge in [0.1, 0.15) is 5.37 Å². The number of thioether (sulfide) groups is 1. The number of carbonyl (C=O) groups is 2. The Morgan fingerprint density at radius 3 is 2.70 bits per heavy atom. The molecule has 7 heteroatoms. The van der Waals surface area contributed by atoms with Crippen molar-refractivity contribution >= 4 is 34.9 Å². The van der Waals surface area contributed by atoms with Gasteiger partial charge in [0.15, 0.2) is 0 Å². The molecule has 0 aromatic carbocycles. The Bertz CT molecular complexity index is 542. The lowest BCUT2D eigenvalue weighted by Crippen LogP contribution is -2.50. The van der Waals surface area contributed by atoms with Crippen LogP contribution in [-0.4, -0.2) is 71.5 Å². The van der Waals surface area contributed by atoms with Crippen molar-refractivity contribution in [2.24, 2.45) is 0 Å². The maximum Gasteiger partial charge on any atom is 0.233 e. The molecule has 2 aliphatic rings. The molecule has 2 saturated heterocycles. The Kier molecular flexibility index (Phi) is 5.61. The molecule has 5 nitrogen and oxygen atoms in total. The Morgan fingerprint density at radius 2 is 2.04 bits per heavy atom. The summed E-state index contributed by atoms with van der Waals surface area (Å²) < 4.78 is 0. The lowest BCUT2D eigenvalue weighted by atomic mass is 10.2. The summed E-state index contributed by atoms with van der Waals surface area (Å²) in [6, 6.07) is 2.11. The fourth-order valence-corrected chi connectivity index (χ4v) is 5.05. The topological polar surface area (TPSA) is 43.9 Å². The molecule has 0 spiro atoms. The summed E-state index contributed by atoms with van der Waals surface area (Å²) in [6.07, 6.45) is 0.585. The van der Waals surface area contributed by atoms with E-state index >= 15 is 0 Å². The van der Waals surface area contributed by atoms with E-state index < -0.39 is 0 Å². The van der Waals surface area contributed by atoms with E-state index in [0.29, 0.717) is 12.2 Å². The van der Waals surface area contributed by atoms with Crippen LogP contribution in [0.3, 0.4) is 0 Å². The van der Waals surface area contributed by atoms with Gasteiger partial charge in [-0.05, 0) is 22.4 Å². The molecule has 0 aliphatic carbocycles. The van der Waals surface area contributed by atoms with Crippen LogP contribution in [0.2, 0.25) is 0 Å². The van der Waals surface area contributed by atoms with Crippen molar-refractivity contribution < 1.29 is 9.59 Å². The first-order chi connectivity index (χ1) is 11.2.